The van der Waals surface area contributed by atoms with Crippen molar-refractivity contribution in [2.45, 2.75) is 19.3 Å². The molecule has 1 aromatic rings. The molecular formula is C18H20F3N5O. The van der Waals surface area contributed by atoms with Crippen molar-refractivity contribution in [2.24, 2.45) is 16.1 Å². The van der Waals surface area contributed by atoms with E-state index < -0.39 is 18.0 Å². The maximum Gasteiger partial charge on any atom is 0.406 e. The number of hydrogen-bond acceptors (Lipinski definition) is 5. The predicted octanol–water partition coefficient (Wildman–Crippen LogP) is 2.77. The van der Waals surface area contributed by atoms with Gasteiger partial charge >= 0.3 is 6.18 Å². The Morgan fingerprint density at radius 1 is 1.07 bits per heavy atom. The summed E-state index contributed by atoms with van der Waals surface area (Å²) < 4.78 is 40.3. The van der Waals surface area contributed by atoms with Gasteiger partial charge in [0.1, 0.15) is 0 Å². The number of rotatable bonds is 2. The molecule has 0 bridgehead atoms. The van der Waals surface area contributed by atoms with Gasteiger partial charge in [0.2, 0.25) is 0 Å². The molecule has 3 heterocycles. The Morgan fingerprint density at radius 3 is 2.52 bits per heavy atom. The zero-order chi connectivity index (χ0) is 19.2. The van der Waals surface area contributed by atoms with Crippen molar-refractivity contribution in [3.8, 4) is 0 Å². The highest BCUT2D eigenvalue weighted by molar-refractivity contribution is 5.83. The predicted molar refractivity (Wildman–Crippen MR) is 92.9 cm³/mol. The number of fused-ring (bicyclic) bond motifs is 1. The van der Waals surface area contributed by atoms with Crippen molar-refractivity contribution in [2.75, 3.05) is 38.1 Å². The molecule has 1 saturated heterocycles. The van der Waals surface area contributed by atoms with Crippen LogP contribution in [0, 0.1) is 5.92 Å². The summed E-state index contributed by atoms with van der Waals surface area (Å²) in [6.07, 6.45) is -3.61. The van der Waals surface area contributed by atoms with Gasteiger partial charge in [-0.2, -0.15) is 18.3 Å². The van der Waals surface area contributed by atoms with E-state index in [1.165, 1.54) is 0 Å². The van der Waals surface area contributed by atoms with E-state index in [9.17, 15) is 18.0 Å². The van der Waals surface area contributed by atoms with Crippen LogP contribution in [0.5, 0.6) is 0 Å². The number of piperazine rings is 1. The monoisotopic (exact) mass is 379 g/mol. The number of likely N-dealkylation sites (N-methyl/N-ethyl adjacent to an activating group) is 1. The summed E-state index contributed by atoms with van der Waals surface area (Å²) in [5, 5.41) is 6.58. The Hall–Kier alpha value is -2.42. The summed E-state index contributed by atoms with van der Waals surface area (Å²) in [4.78, 5) is 17.9. The Morgan fingerprint density at radius 2 is 1.81 bits per heavy atom. The van der Waals surface area contributed by atoms with Gasteiger partial charge in [0.15, 0.2) is 5.92 Å². The summed E-state index contributed by atoms with van der Waals surface area (Å²) in [7, 11) is 2.08. The molecule has 1 atom stereocenters. The van der Waals surface area contributed by atoms with Crippen LogP contribution in [-0.2, 0) is 17.9 Å². The Bertz CT molecular complexity index is 812. The van der Waals surface area contributed by atoms with E-state index in [1.807, 2.05) is 18.2 Å². The molecular weight excluding hydrogens is 359 g/mol. The van der Waals surface area contributed by atoms with Crippen LogP contribution < -0.4 is 4.90 Å². The molecule has 1 aromatic carbocycles. The highest BCUT2D eigenvalue weighted by Gasteiger charge is 2.50. The molecule has 9 heteroatoms. The maximum atomic E-state index is 13.4. The molecule has 1 fully saturated rings. The summed E-state index contributed by atoms with van der Waals surface area (Å²) in [5.41, 5.74) is 2.96. The lowest BCUT2D eigenvalue weighted by molar-refractivity contribution is -0.177. The summed E-state index contributed by atoms with van der Waals surface area (Å²) >= 11 is 0. The van der Waals surface area contributed by atoms with Crippen LogP contribution in [0.4, 0.5) is 18.9 Å². The third-order valence-electron chi connectivity index (χ3n) is 5.38. The van der Waals surface area contributed by atoms with Gasteiger partial charge in [-0.1, -0.05) is 12.1 Å². The highest BCUT2D eigenvalue weighted by atomic mass is 19.4. The van der Waals surface area contributed by atoms with Gasteiger partial charge in [0.05, 0.1) is 11.9 Å². The number of carbonyl (C=O) groups is 1. The number of halogens is 3. The van der Waals surface area contributed by atoms with Crippen LogP contribution in [0.3, 0.4) is 0 Å². The lowest BCUT2D eigenvalue weighted by Crippen LogP contribution is -2.44. The largest absolute Gasteiger partial charge is 0.406 e. The number of alkyl halides is 3. The molecule has 0 aliphatic carbocycles. The quantitative estimate of drug-likeness (QED) is 0.793. The lowest BCUT2D eigenvalue weighted by Gasteiger charge is -2.35. The number of anilines is 1. The third kappa shape index (κ3) is 3.31. The van der Waals surface area contributed by atoms with Crippen LogP contribution >= 0.6 is 0 Å². The molecule has 0 aromatic heterocycles. The lowest BCUT2D eigenvalue weighted by atomic mass is 10.0. The molecule has 1 amide bonds. The first-order chi connectivity index (χ1) is 12.8. The van der Waals surface area contributed by atoms with Crippen molar-refractivity contribution in [1.29, 1.82) is 0 Å². The molecule has 3 aliphatic rings. The minimum absolute atomic E-state index is 0.122. The van der Waals surface area contributed by atoms with Gasteiger partial charge in [-0.15, -0.1) is 5.11 Å². The number of azo groups is 1. The Balaban J connectivity index is 1.61. The van der Waals surface area contributed by atoms with Gasteiger partial charge in [-0.25, -0.2) is 0 Å². The first-order valence-corrected chi connectivity index (χ1v) is 8.85. The van der Waals surface area contributed by atoms with Crippen molar-refractivity contribution in [1.82, 2.24) is 9.80 Å². The molecule has 4 rings (SSSR count). The first kappa shape index (κ1) is 18.0. The van der Waals surface area contributed by atoms with Crippen LogP contribution in [0.2, 0.25) is 0 Å². The smallest absolute Gasteiger partial charge is 0.369 e. The Kier molecular flexibility index (Phi) is 4.41. The van der Waals surface area contributed by atoms with E-state index in [-0.39, 0.29) is 5.70 Å². The van der Waals surface area contributed by atoms with E-state index in [1.54, 1.807) is 4.90 Å². The average Bonchev–Trinajstić information content (AvgIpc) is 3.05. The fourth-order valence-corrected chi connectivity index (χ4v) is 3.91. The SMILES string of the molecule is CN1CCN(c2cccc3c2CN(C2=CN=NC(=O)C2C(F)(F)F)C3)CC1. The van der Waals surface area contributed by atoms with Crippen molar-refractivity contribution in [3.63, 3.8) is 0 Å². The molecule has 144 valence electrons. The van der Waals surface area contributed by atoms with Crippen molar-refractivity contribution < 1.29 is 18.0 Å². The van der Waals surface area contributed by atoms with Crippen LogP contribution in [0.15, 0.2) is 40.3 Å². The third-order valence-corrected chi connectivity index (χ3v) is 5.38. The zero-order valence-corrected chi connectivity index (χ0v) is 14.9. The van der Waals surface area contributed by atoms with E-state index in [4.69, 9.17) is 0 Å². The molecule has 0 spiro atoms. The van der Waals surface area contributed by atoms with Gasteiger partial charge < -0.3 is 14.7 Å². The summed E-state index contributed by atoms with van der Waals surface area (Å²) in [6, 6.07) is 5.90. The molecule has 6 nitrogen and oxygen atoms in total. The van der Waals surface area contributed by atoms with Gasteiger partial charge in [-0.05, 0) is 24.2 Å². The first-order valence-electron chi connectivity index (χ1n) is 8.85. The molecule has 27 heavy (non-hydrogen) atoms. The van der Waals surface area contributed by atoms with Crippen molar-refractivity contribution >= 4 is 11.6 Å². The molecule has 0 radical (unpaired) electrons. The number of nitrogens with zero attached hydrogens (tertiary/aromatic N) is 5. The number of benzene rings is 1. The van der Waals surface area contributed by atoms with E-state index in [0.29, 0.717) is 13.1 Å². The standard InChI is InChI=1S/C18H20F3N5O/c1-24-5-7-25(8-6-24)14-4-2-3-12-10-26(11-13(12)14)15-9-22-23-17(27)16(15)18(19,20)21/h2-4,9,16H,5-8,10-11H2,1H3. The topological polar surface area (TPSA) is 51.5 Å². The van der Waals surface area contributed by atoms with E-state index >= 15 is 0 Å². The second-order valence-corrected chi connectivity index (χ2v) is 7.14. The number of hydrogen-bond donors (Lipinski definition) is 0. The molecule has 3 aliphatic heterocycles. The van der Waals surface area contributed by atoms with Crippen LogP contribution in [0.1, 0.15) is 11.1 Å². The summed E-state index contributed by atoms with van der Waals surface area (Å²) in [5.74, 6) is -3.49. The molecule has 0 saturated carbocycles. The Labute approximate surface area is 154 Å². The fraction of sp³-hybridized carbons (Fsp3) is 0.500. The van der Waals surface area contributed by atoms with Gasteiger partial charge in [0.25, 0.3) is 5.91 Å². The zero-order valence-electron chi connectivity index (χ0n) is 14.9. The van der Waals surface area contributed by atoms with E-state index in [0.717, 1.165) is 49.2 Å². The fourth-order valence-electron chi connectivity index (χ4n) is 3.91. The normalized spacial score (nSPS) is 23.6. The second kappa shape index (κ2) is 6.63. The minimum atomic E-state index is -4.68. The van der Waals surface area contributed by atoms with Crippen LogP contribution in [-0.4, -0.2) is 55.1 Å². The number of carbonyl (C=O) groups excluding carboxylic acids is 1. The number of amides is 1. The molecule has 0 N–H and O–H groups in total. The van der Waals surface area contributed by atoms with Crippen molar-refractivity contribution in [3.05, 3.63) is 41.2 Å². The highest BCUT2D eigenvalue weighted by Crippen LogP contribution is 2.41. The van der Waals surface area contributed by atoms with E-state index in [2.05, 4.69) is 27.1 Å². The minimum Gasteiger partial charge on any atom is -0.369 e. The summed E-state index contributed by atoms with van der Waals surface area (Å²) in [6.45, 7) is 4.32. The second-order valence-electron chi connectivity index (χ2n) is 7.14. The van der Waals surface area contributed by atoms with Gasteiger partial charge in [-0.3, -0.25) is 4.79 Å². The maximum absolute atomic E-state index is 13.4. The van der Waals surface area contributed by atoms with Gasteiger partial charge in [0, 0.05) is 45.0 Å². The van der Waals surface area contributed by atoms with Crippen LogP contribution in [0.25, 0.3) is 0 Å². The average molecular weight is 379 g/mol. The molecule has 1 unspecified atom stereocenters.